The molecule has 2 aromatic carbocycles. The summed E-state index contributed by atoms with van der Waals surface area (Å²) in [4.78, 5) is 35.3. The number of rotatable bonds is 7. The third-order valence-electron chi connectivity index (χ3n) is 3.33. The zero-order chi connectivity index (χ0) is 18.9. The molecule has 0 saturated carbocycles. The molecule has 26 heavy (non-hydrogen) atoms. The molecule has 0 aliphatic carbocycles. The van der Waals surface area contributed by atoms with Gasteiger partial charge in [-0.2, -0.15) is 0 Å². The molecule has 0 atom stereocenters. The van der Waals surface area contributed by atoms with Crippen LogP contribution in [0.15, 0.2) is 64.8 Å². The second-order valence-corrected chi connectivity index (χ2v) is 6.25. The second-order valence-electron chi connectivity index (χ2n) is 5.33. The molecule has 134 valence electrons. The highest BCUT2D eigenvalue weighted by molar-refractivity contribution is 9.10. The van der Waals surface area contributed by atoms with Crippen molar-refractivity contribution in [3.63, 3.8) is 0 Å². The van der Waals surface area contributed by atoms with E-state index in [1.807, 2.05) is 18.2 Å². The van der Waals surface area contributed by atoms with E-state index in [-0.39, 0.29) is 18.7 Å². The van der Waals surface area contributed by atoms with E-state index in [0.717, 1.165) is 10.0 Å². The van der Waals surface area contributed by atoms with E-state index in [9.17, 15) is 14.4 Å². The van der Waals surface area contributed by atoms with Gasteiger partial charge in [-0.3, -0.25) is 14.4 Å². The van der Waals surface area contributed by atoms with Gasteiger partial charge in [-0.05, 0) is 35.9 Å². The van der Waals surface area contributed by atoms with Gasteiger partial charge in [0.2, 0.25) is 0 Å². The van der Waals surface area contributed by atoms with Crippen molar-refractivity contribution < 1.29 is 19.5 Å². The standard InChI is InChI=1S/C19H17BrN2O4/c20-15-8-6-14(7-9-15)18(25)22-16(12-13-4-2-1-3-5-13)19(26)21-11-10-17(23)24/h1-9,12H,10-11H2,(H,21,26)(H,22,25)(H,23,24)/b16-12+. The van der Waals surface area contributed by atoms with Gasteiger partial charge in [0, 0.05) is 16.6 Å². The summed E-state index contributed by atoms with van der Waals surface area (Å²) in [6.07, 6.45) is 1.33. The predicted octanol–water partition coefficient (Wildman–Crippen LogP) is 2.81. The van der Waals surface area contributed by atoms with E-state index >= 15 is 0 Å². The lowest BCUT2D eigenvalue weighted by molar-refractivity contribution is -0.136. The highest BCUT2D eigenvalue weighted by atomic mass is 79.9. The predicted molar refractivity (Wildman–Crippen MR) is 101 cm³/mol. The Balaban J connectivity index is 2.18. The lowest BCUT2D eigenvalue weighted by Gasteiger charge is -2.11. The molecule has 6 nitrogen and oxygen atoms in total. The lowest BCUT2D eigenvalue weighted by Crippen LogP contribution is -2.35. The molecule has 2 amide bonds. The Morgan fingerprint density at radius 1 is 1.00 bits per heavy atom. The SMILES string of the molecule is O=C(O)CCNC(=O)/C(=C\c1ccccc1)NC(=O)c1ccc(Br)cc1. The van der Waals surface area contributed by atoms with E-state index in [4.69, 9.17) is 5.11 Å². The summed E-state index contributed by atoms with van der Waals surface area (Å²) < 4.78 is 0.834. The van der Waals surface area contributed by atoms with Crippen LogP contribution in [0.1, 0.15) is 22.3 Å². The minimum atomic E-state index is -1.02. The van der Waals surface area contributed by atoms with Crippen LogP contribution in [0.25, 0.3) is 6.08 Å². The molecule has 0 aromatic heterocycles. The summed E-state index contributed by atoms with van der Waals surface area (Å²) in [5.74, 6) is -2.01. The number of aliphatic carboxylic acids is 1. The molecular weight excluding hydrogens is 400 g/mol. The van der Waals surface area contributed by atoms with Crippen molar-refractivity contribution in [1.82, 2.24) is 10.6 Å². The molecule has 2 rings (SSSR count). The maximum Gasteiger partial charge on any atom is 0.305 e. The first kappa shape index (κ1) is 19.4. The zero-order valence-corrected chi connectivity index (χ0v) is 15.3. The number of hydrogen-bond acceptors (Lipinski definition) is 3. The first-order valence-electron chi connectivity index (χ1n) is 7.79. The maximum atomic E-state index is 12.4. The average Bonchev–Trinajstić information content (AvgIpc) is 2.62. The van der Waals surface area contributed by atoms with Crippen LogP contribution in [-0.2, 0) is 9.59 Å². The highest BCUT2D eigenvalue weighted by Gasteiger charge is 2.14. The third-order valence-corrected chi connectivity index (χ3v) is 3.86. The number of nitrogens with one attached hydrogen (secondary N) is 2. The van der Waals surface area contributed by atoms with Gasteiger partial charge in [0.1, 0.15) is 5.70 Å². The van der Waals surface area contributed by atoms with E-state index in [1.165, 1.54) is 6.08 Å². The van der Waals surface area contributed by atoms with Crippen molar-refractivity contribution in [3.8, 4) is 0 Å². The van der Waals surface area contributed by atoms with E-state index in [1.54, 1.807) is 36.4 Å². The van der Waals surface area contributed by atoms with Crippen LogP contribution >= 0.6 is 15.9 Å². The van der Waals surface area contributed by atoms with Gasteiger partial charge in [0.25, 0.3) is 11.8 Å². The van der Waals surface area contributed by atoms with Gasteiger partial charge in [0.15, 0.2) is 0 Å². The summed E-state index contributed by atoms with van der Waals surface area (Å²) in [6.45, 7) is -0.0333. The first-order valence-corrected chi connectivity index (χ1v) is 8.58. The monoisotopic (exact) mass is 416 g/mol. The van der Waals surface area contributed by atoms with Crippen LogP contribution in [0, 0.1) is 0 Å². The Labute approximate surface area is 159 Å². The molecule has 0 bridgehead atoms. The molecular formula is C19H17BrN2O4. The van der Waals surface area contributed by atoms with Crippen molar-refractivity contribution in [1.29, 1.82) is 0 Å². The second kappa shape index (κ2) is 9.53. The summed E-state index contributed by atoms with van der Waals surface area (Å²) in [5, 5.41) is 13.8. The summed E-state index contributed by atoms with van der Waals surface area (Å²) in [7, 11) is 0. The molecule has 0 spiro atoms. The van der Waals surface area contributed by atoms with Crippen LogP contribution in [-0.4, -0.2) is 29.4 Å². The minimum absolute atomic E-state index is 0.0333. The van der Waals surface area contributed by atoms with Gasteiger partial charge in [-0.15, -0.1) is 0 Å². The molecule has 0 fully saturated rings. The average molecular weight is 417 g/mol. The number of amides is 2. The van der Waals surface area contributed by atoms with Gasteiger partial charge in [-0.25, -0.2) is 0 Å². The molecule has 0 aliphatic heterocycles. The summed E-state index contributed by atoms with van der Waals surface area (Å²) in [6, 6.07) is 15.7. The molecule has 0 heterocycles. The van der Waals surface area contributed by atoms with Gasteiger partial charge in [0.05, 0.1) is 6.42 Å². The van der Waals surface area contributed by atoms with Crippen molar-refractivity contribution in [2.45, 2.75) is 6.42 Å². The Morgan fingerprint density at radius 2 is 1.65 bits per heavy atom. The fraction of sp³-hybridized carbons (Fsp3) is 0.105. The molecule has 0 unspecified atom stereocenters. The summed E-state index contributed by atoms with van der Waals surface area (Å²) >= 11 is 3.30. The van der Waals surface area contributed by atoms with Gasteiger partial charge in [-0.1, -0.05) is 46.3 Å². The molecule has 2 aromatic rings. The highest BCUT2D eigenvalue weighted by Crippen LogP contribution is 2.11. The minimum Gasteiger partial charge on any atom is -0.481 e. The number of carbonyl (C=O) groups is 3. The van der Waals surface area contributed by atoms with Gasteiger partial charge < -0.3 is 15.7 Å². The number of halogens is 1. The van der Waals surface area contributed by atoms with Gasteiger partial charge >= 0.3 is 5.97 Å². The van der Waals surface area contributed by atoms with E-state index in [0.29, 0.717) is 5.56 Å². The van der Waals surface area contributed by atoms with Crippen molar-refractivity contribution in [2.24, 2.45) is 0 Å². The fourth-order valence-electron chi connectivity index (χ4n) is 2.05. The molecule has 0 aliphatic rings. The first-order chi connectivity index (χ1) is 12.5. The van der Waals surface area contributed by atoms with Crippen molar-refractivity contribution >= 4 is 39.8 Å². The lowest BCUT2D eigenvalue weighted by atomic mass is 10.1. The normalized spacial score (nSPS) is 10.9. The molecule has 0 saturated heterocycles. The number of hydrogen-bond donors (Lipinski definition) is 3. The van der Waals surface area contributed by atoms with E-state index < -0.39 is 17.8 Å². The molecule has 7 heteroatoms. The Hall–Kier alpha value is -2.93. The topological polar surface area (TPSA) is 95.5 Å². The largest absolute Gasteiger partial charge is 0.481 e. The Morgan fingerprint density at radius 3 is 2.27 bits per heavy atom. The zero-order valence-electron chi connectivity index (χ0n) is 13.7. The number of carboxylic acids is 1. The third kappa shape index (κ3) is 6.18. The van der Waals surface area contributed by atoms with Crippen LogP contribution in [0.3, 0.4) is 0 Å². The fourth-order valence-corrected chi connectivity index (χ4v) is 2.31. The molecule has 0 radical (unpaired) electrons. The van der Waals surface area contributed by atoms with Crippen LogP contribution in [0.5, 0.6) is 0 Å². The van der Waals surface area contributed by atoms with Crippen LogP contribution in [0.2, 0.25) is 0 Å². The Kier molecular flexibility index (Phi) is 7.11. The van der Waals surface area contributed by atoms with Crippen molar-refractivity contribution in [2.75, 3.05) is 6.54 Å². The number of carboxylic acid groups (broad SMARTS) is 1. The van der Waals surface area contributed by atoms with Crippen LogP contribution < -0.4 is 10.6 Å². The van der Waals surface area contributed by atoms with Crippen LogP contribution in [0.4, 0.5) is 0 Å². The molecule has 3 N–H and O–H groups in total. The quantitative estimate of drug-likeness (QED) is 0.604. The summed E-state index contributed by atoms with van der Waals surface area (Å²) in [5.41, 5.74) is 1.16. The number of benzene rings is 2. The maximum absolute atomic E-state index is 12.4. The Bertz CT molecular complexity index is 817. The van der Waals surface area contributed by atoms with E-state index in [2.05, 4.69) is 26.6 Å². The number of carbonyl (C=O) groups excluding carboxylic acids is 2. The smallest absolute Gasteiger partial charge is 0.305 e. The van der Waals surface area contributed by atoms with Crippen molar-refractivity contribution in [3.05, 3.63) is 75.9 Å².